The molecule has 1 amide bonds. The van der Waals surface area contributed by atoms with Crippen molar-refractivity contribution < 1.29 is 31.1 Å². The highest BCUT2D eigenvalue weighted by molar-refractivity contribution is 5.95. The number of rotatable bonds is 4. The highest BCUT2D eigenvalue weighted by atomic mass is 19.4. The SMILES string of the molecule is Cn1ccnc1-c1cc(Cc2nc(C(F)(F)F)ccc2C(N)=O)cc2cc(C(F)(F)F)[nH]c12. The third-order valence-electron chi connectivity index (χ3n) is 5.06. The molecule has 4 aromatic rings. The van der Waals surface area contributed by atoms with Gasteiger partial charge in [0.1, 0.15) is 17.2 Å². The number of halogens is 6. The zero-order valence-corrected chi connectivity index (χ0v) is 16.8. The van der Waals surface area contributed by atoms with Crippen molar-refractivity contribution in [2.45, 2.75) is 18.8 Å². The highest BCUT2D eigenvalue weighted by Crippen LogP contribution is 2.36. The number of benzene rings is 1. The lowest BCUT2D eigenvalue weighted by Gasteiger charge is -2.12. The van der Waals surface area contributed by atoms with Crippen LogP contribution in [0.4, 0.5) is 26.3 Å². The number of aromatic nitrogens is 4. The van der Waals surface area contributed by atoms with Crippen molar-refractivity contribution >= 4 is 16.8 Å². The second-order valence-electron chi connectivity index (χ2n) is 7.38. The maximum atomic E-state index is 13.3. The fraction of sp³-hybridized carbons (Fsp3) is 0.190. The Hall–Kier alpha value is -3.83. The fourth-order valence-corrected chi connectivity index (χ4v) is 3.57. The lowest BCUT2D eigenvalue weighted by molar-refractivity contribution is -0.141. The Balaban J connectivity index is 1.91. The number of imidazole rings is 1. The minimum atomic E-state index is -4.75. The molecular weight excluding hydrogens is 452 g/mol. The molecule has 1 aromatic carbocycles. The van der Waals surface area contributed by atoms with E-state index in [1.807, 2.05) is 0 Å². The number of aromatic amines is 1. The van der Waals surface area contributed by atoms with E-state index in [1.165, 1.54) is 18.3 Å². The first-order valence-corrected chi connectivity index (χ1v) is 9.42. The van der Waals surface area contributed by atoms with E-state index in [1.54, 1.807) is 17.8 Å². The molecule has 3 aromatic heterocycles. The van der Waals surface area contributed by atoms with E-state index >= 15 is 0 Å². The second kappa shape index (κ2) is 7.64. The molecule has 0 atom stereocenters. The number of hydrogen-bond donors (Lipinski definition) is 2. The molecule has 33 heavy (non-hydrogen) atoms. The number of nitrogens with two attached hydrogens (primary N) is 1. The van der Waals surface area contributed by atoms with Crippen molar-refractivity contribution in [3.63, 3.8) is 0 Å². The number of carbonyl (C=O) groups is 1. The normalized spacial score (nSPS) is 12.5. The van der Waals surface area contributed by atoms with Gasteiger partial charge in [0.05, 0.1) is 16.8 Å². The number of primary amides is 1. The lowest BCUT2D eigenvalue weighted by atomic mass is 9.99. The van der Waals surface area contributed by atoms with Crippen molar-refractivity contribution in [2.75, 3.05) is 0 Å². The average Bonchev–Trinajstić information content (AvgIpc) is 3.32. The van der Waals surface area contributed by atoms with Gasteiger partial charge in [0.2, 0.25) is 0 Å². The molecule has 12 heteroatoms. The van der Waals surface area contributed by atoms with Crippen molar-refractivity contribution in [2.24, 2.45) is 12.8 Å². The maximum absolute atomic E-state index is 13.3. The lowest BCUT2D eigenvalue weighted by Crippen LogP contribution is -2.18. The van der Waals surface area contributed by atoms with Crippen LogP contribution in [-0.4, -0.2) is 25.4 Å². The van der Waals surface area contributed by atoms with E-state index in [0.29, 0.717) is 23.0 Å². The third-order valence-corrected chi connectivity index (χ3v) is 5.06. The number of nitrogens with one attached hydrogen (secondary N) is 1. The molecule has 0 saturated heterocycles. The summed E-state index contributed by atoms with van der Waals surface area (Å²) < 4.78 is 81.0. The number of fused-ring (bicyclic) bond motifs is 1. The van der Waals surface area contributed by atoms with Crippen LogP contribution in [0.25, 0.3) is 22.3 Å². The van der Waals surface area contributed by atoms with Crippen LogP contribution in [-0.2, 0) is 25.8 Å². The molecule has 6 nitrogen and oxygen atoms in total. The quantitative estimate of drug-likeness (QED) is 0.427. The first-order valence-electron chi connectivity index (χ1n) is 9.42. The number of hydrogen-bond acceptors (Lipinski definition) is 3. The van der Waals surface area contributed by atoms with Crippen LogP contribution in [0.15, 0.2) is 42.7 Å². The van der Waals surface area contributed by atoms with Crippen LogP contribution >= 0.6 is 0 Å². The summed E-state index contributed by atoms with van der Waals surface area (Å²) in [4.78, 5) is 21.8. The largest absolute Gasteiger partial charge is 0.433 e. The van der Waals surface area contributed by atoms with E-state index in [0.717, 1.165) is 12.1 Å². The summed E-state index contributed by atoms with van der Waals surface area (Å²) in [6, 6.07) is 5.37. The molecule has 0 aliphatic heterocycles. The second-order valence-corrected chi connectivity index (χ2v) is 7.38. The summed E-state index contributed by atoms with van der Waals surface area (Å²) in [6.07, 6.45) is -6.61. The fourth-order valence-electron chi connectivity index (χ4n) is 3.57. The van der Waals surface area contributed by atoms with Crippen molar-refractivity contribution in [3.8, 4) is 11.4 Å². The number of alkyl halides is 6. The van der Waals surface area contributed by atoms with E-state index in [-0.39, 0.29) is 28.6 Å². The van der Waals surface area contributed by atoms with Gasteiger partial charge in [-0.3, -0.25) is 4.79 Å². The zero-order valence-electron chi connectivity index (χ0n) is 16.8. The van der Waals surface area contributed by atoms with Gasteiger partial charge in [-0.2, -0.15) is 26.3 Å². The first kappa shape index (κ1) is 22.4. The van der Waals surface area contributed by atoms with Crippen molar-refractivity contribution in [1.82, 2.24) is 19.5 Å². The summed E-state index contributed by atoms with van der Waals surface area (Å²) in [5.41, 5.74) is 3.42. The first-order chi connectivity index (χ1) is 15.3. The molecule has 4 rings (SSSR count). The molecule has 0 aliphatic rings. The van der Waals surface area contributed by atoms with Crippen molar-refractivity contribution in [3.05, 3.63) is 70.9 Å². The summed E-state index contributed by atoms with van der Waals surface area (Å²) in [7, 11) is 1.65. The topological polar surface area (TPSA) is 89.6 Å². The van der Waals surface area contributed by atoms with Crippen LogP contribution in [0.3, 0.4) is 0 Å². The summed E-state index contributed by atoms with van der Waals surface area (Å²) in [6.45, 7) is 0. The number of nitrogens with zero attached hydrogens (tertiary/aromatic N) is 3. The Bertz CT molecular complexity index is 1370. The maximum Gasteiger partial charge on any atom is 0.433 e. The van der Waals surface area contributed by atoms with Gasteiger partial charge in [0.15, 0.2) is 0 Å². The van der Waals surface area contributed by atoms with Gasteiger partial charge >= 0.3 is 12.4 Å². The van der Waals surface area contributed by atoms with Gasteiger partial charge in [-0.05, 0) is 35.9 Å². The van der Waals surface area contributed by atoms with Gasteiger partial charge in [0, 0.05) is 36.8 Å². The Labute approximate surface area is 182 Å². The minimum Gasteiger partial charge on any atom is -0.366 e. The Morgan fingerprint density at radius 3 is 2.39 bits per heavy atom. The van der Waals surface area contributed by atoms with E-state index in [4.69, 9.17) is 5.73 Å². The van der Waals surface area contributed by atoms with Crippen LogP contribution in [0.2, 0.25) is 0 Å². The minimum absolute atomic E-state index is 0.160. The Kier molecular flexibility index (Phi) is 5.18. The number of aryl methyl sites for hydroxylation is 1. The molecule has 0 saturated carbocycles. The Morgan fingerprint density at radius 2 is 1.82 bits per heavy atom. The number of amides is 1. The van der Waals surface area contributed by atoms with Gasteiger partial charge in [-0.15, -0.1) is 0 Å². The highest BCUT2D eigenvalue weighted by Gasteiger charge is 2.34. The number of H-pyrrole nitrogens is 1. The van der Waals surface area contributed by atoms with Gasteiger partial charge < -0.3 is 15.3 Å². The van der Waals surface area contributed by atoms with Crippen LogP contribution in [0.5, 0.6) is 0 Å². The summed E-state index contributed by atoms with van der Waals surface area (Å²) in [5, 5.41) is 0.172. The number of pyridine rings is 1. The molecule has 3 heterocycles. The number of carbonyl (C=O) groups excluding carboxylic acids is 1. The molecule has 172 valence electrons. The van der Waals surface area contributed by atoms with Gasteiger partial charge in [-0.25, -0.2) is 9.97 Å². The van der Waals surface area contributed by atoms with Crippen LogP contribution in [0.1, 0.15) is 33.0 Å². The molecule has 0 fully saturated rings. The molecule has 0 aliphatic carbocycles. The predicted octanol–water partition coefficient (Wildman–Crippen LogP) is 4.69. The molecular formula is C21H15F6N5O. The molecule has 0 spiro atoms. The molecule has 0 bridgehead atoms. The predicted molar refractivity (Wildman–Crippen MR) is 106 cm³/mol. The zero-order chi connectivity index (χ0) is 24.1. The van der Waals surface area contributed by atoms with E-state index in [9.17, 15) is 31.1 Å². The van der Waals surface area contributed by atoms with E-state index in [2.05, 4.69) is 15.0 Å². The van der Waals surface area contributed by atoms with Crippen LogP contribution < -0.4 is 5.73 Å². The summed E-state index contributed by atoms with van der Waals surface area (Å²) in [5.74, 6) is -0.637. The smallest absolute Gasteiger partial charge is 0.366 e. The molecule has 0 unspecified atom stereocenters. The van der Waals surface area contributed by atoms with Gasteiger partial charge in [0.25, 0.3) is 5.91 Å². The molecule has 0 radical (unpaired) electrons. The van der Waals surface area contributed by atoms with Crippen molar-refractivity contribution in [1.29, 1.82) is 0 Å². The van der Waals surface area contributed by atoms with E-state index < -0.39 is 29.6 Å². The monoisotopic (exact) mass is 467 g/mol. The van der Waals surface area contributed by atoms with Gasteiger partial charge in [-0.1, -0.05) is 0 Å². The summed E-state index contributed by atoms with van der Waals surface area (Å²) >= 11 is 0. The van der Waals surface area contributed by atoms with Crippen LogP contribution in [0, 0.1) is 0 Å². The standard InChI is InChI=1S/C21H15F6N5O/c1-32-5-4-29-19(32)13-7-10(6-11-9-16(21(25,26)27)31-17(11)13)8-14-12(18(28)33)2-3-15(30-14)20(22,23)24/h2-7,9,31H,8H2,1H3,(H2,28,33). The molecule has 3 N–H and O–H groups in total. The Morgan fingerprint density at radius 1 is 1.09 bits per heavy atom. The third kappa shape index (κ3) is 4.28. The average molecular weight is 467 g/mol.